The molecular weight excluding hydrogens is 298 g/mol. The minimum Gasteiger partial charge on any atom is -0.305 e. The van der Waals surface area contributed by atoms with E-state index in [1.807, 2.05) is 49.4 Å². The zero-order chi connectivity index (χ0) is 15.5. The van der Waals surface area contributed by atoms with Crippen LogP contribution in [-0.4, -0.2) is 9.38 Å². The van der Waals surface area contributed by atoms with Gasteiger partial charge in [0.1, 0.15) is 5.65 Å². The third-order valence-electron chi connectivity index (χ3n) is 3.59. The monoisotopic (exact) mass is 313 g/mol. The summed E-state index contributed by atoms with van der Waals surface area (Å²) in [7, 11) is 0. The van der Waals surface area contributed by atoms with Crippen molar-refractivity contribution in [2.24, 2.45) is 0 Å². The predicted octanol–water partition coefficient (Wildman–Crippen LogP) is 3.20. The lowest BCUT2D eigenvalue weighted by Gasteiger charge is -2.15. The lowest BCUT2D eigenvalue weighted by molar-refractivity contribution is 0.567. The molecule has 112 valence electrons. The smallest absolute Gasteiger partial charge is 0.258 e. The molecule has 1 aromatic carbocycles. The van der Waals surface area contributed by atoms with Crippen molar-refractivity contribution >= 4 is 17.2 Å². The van der Waals surface area contributed by atoms with Crippen LogP contribution in [0.2, 0.25) is 5.02 Å². The fourth-order valence-electron chi connectivity index (χ4n) is 2.39. The Bertz CT molecular complexity index is 860. The number of hydrogen-bond donors (Lipinski definition) is 1. The van der Waals surface area contributed by atoms with Crippen molar-refractivity contribution in [3.8, 4) is 0 Å². The minimum atomic E-state index is -0.0761. The highest BCUT2D eigenvalue weighted by molar-refractivity contribution is 6.31. The molecule has 1 N–H and O–H groups in total. The van der Waals surface area contributed by atoms with Gasteiger partial charge in [-0.25, -0.2) is 4.98 Å². The van der Waals surface area contributed by atoms with Crippen molar-refractivity contribution < 1.29 is 0 Å². The maximum absolute atomic E-state index is 12.0. The first-order valence-corrected chi connectivity index (χ1v) is 7.48. The molecule has 3 rings (SSSR count). The second-order valence-corrected chi connectivity index (χ2v) is 5.55. The van der Waals surface area contributed by atoms with E-state index in [1.165, 1.54) is 4.40 Å². The van der Waals surface area contributed by atoms with Crippen LogP contribution in [0, 0.1) is 0 Å². The molecule has 1 atom stereocenters. The number of nitrogens with one attached hydrogen (secondary N) is 1. The second kappa shape index (κ2) is 6.30. The van der Waals surface area contributed by atoms with Crippen molar-refractivity contribution in [3.63, 3.8) is 0 Å². The van der Waals surface area contributed by atoms with Gasteiger partial charge in [-0.15, -0.1) is 0 Å². The van der Waals surface area contributed by atoms with Crippen LogP contribution in [0.25, 0.3) is 5.65 Å². The number of pyridine rings is 1. The highest BCUT2D eigenvalue weighted by atomic mass is 35.5. The Kier molecular flexibility index (Phi) is 4.22. The summed E-state index contributed by atoms with van der Waals surface area (Å²) in [4.78, 5) is 16.5. The third-order valence-corrected chi connectivity index (χ3v) is 3.93. The van der Waals surface area contributed by atoms with Crippen LogP contribution in [0.1, 0.15) is 24.2 Å². The molecule has 0 radical (unpaired) electrons. The van der Waals surface area contributed by atoms with E-state index in [1.54, 1.807) is 12.3 Å². The van der Waals surface area contributed by atoms with Gasteiger partial charge in [-0.2, -0.15) is 0 Å². The van der Waals surface area contributed by atoms with Crippen LogP contribution in [0.4, 0.5) is 0 Å². The summed E-state index contributed by atoms with van der Waals surface area (Å²) >= 11 is 6.20. The number of fused-ring (bicyclic) bond motifs is 1. The molecule has 22 heavy (non-hydrogen) atoms. The Morgan fingerprint density at radius 1 is 1.23 bits per heavy atom. The minimum absolute atomic E-state index is 0.0738. The molecule has 0 bridgehead atoms. The standard InChI is InChI=1S/C17H16ClN3O/c1-12(14-6-2-3-7-15(14)18)19-11-13-10-17(22)21-9-5-4-8-16(21)20-13/h2-10,12,19H,11H2,1H3/t12-/m0/s1. The summed E-state index contributed by atoms with van der Waals surface area (Å²) < 4.78 is 1.53. The Morgan fingerprint density at radius 3 is 2.82 bits per heavy atom. The van der Waals surface area contributed by atoms with Gasteiger partial charge >= 0.3 is 0 Å². The quantitative estimate of drug-likeness (QED) is 0.804. The molecule has 0 amide bonds. The largest absolute Gasteiger partial charge is 0.305 e. The summed E-state index contributed by atoms with van der Waals surface area (Å²) in [6, 6.07) is 14.9. The van der Waals surface area contributed by atoms with Crippen LogP contribution in [0.3, 0.4) is 0 Å². The van der Waals surface area contributed by atoms with E-state index in [0.717, 1.165) is 16.3 Å². The molecule has 0 aliphatic rings. The first kappa shape index (κ1) is 14.8. The lowest BCUT2D eigenvalue weighted by atomic mass is 10.1. The Balaban J connectivity index is 1.79. The zero-order valence-corrected chi connectivity index (χ0v) is 12.9. The number of hydrogen-bond acceptors (Lipinski definition) is 3. The molecule has 0 saturated carbocycles. The van der Waals surface area contributed by atoms with E-state index in [0.29, 0.717) is 12.2 Å². The number of halogens is 1. The molecule has 0 aliphatic carbocycles. The molecular formula is C17H16ClN3O. The van der Waals surface area contributed by atoms with Crippen LogP contribution in [0.5, 0.6) is 0 Å². The van der Waals surface area contributed by atoms with Crippen molar-refractivity contribution in [3.05, 3.63) is 81.4 Å². The van der Waals surface area contributed by atoms with E-state index in [4.69, 9.17) is 11.6 Å². The molecule has 0 fully saturated rings. The van der Waals surface area contributed by atoms with Gasteiger partial charge in [-0.1, -0.05) is 35.9 Å². The first-order chi connectivity index (χ1) is 10.6. The molecule has 2 heterocycles. The second-order valence-electron chi connectivity index (χ2n) is 5.14. The molecule has 2 aromatic heterocycles. The fraction of sp³-hybridized carbons (Fsp3) is 0.176. The summed E-state index contributed by atoms with van der Waals surface area (Å²) in [5, 5.41) is 4.08. The Labute approximate surface area is 133 Å². The Hall–Kier alpha value is -2.17. The Morgan fingerprint density at radius 2 is 2.00 bits per heavy atom. The maximum atomic E-state index is 12.0. The first-order valence-electron chi connectivity index (χ1n) is 7.10. The SMILES string of the molecule is C[C@H](NCc1cc(=O)n2ccccc2n1)c1ccccc1Cl. The van der Waals surface area contributed by atoms with E-state index >= 15 is 0 Å². The molecule has 5 heteroatoms. The number of rotatable bonds is 4. The van der Waals surface area contributed by atoms with Gasteiger partial charge < -0.3 is 5.32 Å². The van der Waals surface area contributed by atoms with E-state index in [2.05, 4.69) is 10.3 Å². The van der Waals surface area contributed by atoms with Crippen molar-refractivity contribution in [2.45, 2.75) is 19.5 Å². The third kappa shape index (κ3) is 3.03. The number of nitrogens with zero attached hydrogens (tertiary/aromatic N) is 2. The van der Waals surface area contributed by atoms with Crippen molar-refractivity contribution in [1.29, 1.82) is 0 Å². The molecule has 3 aromatic rings. The summed E-state index contributed by atoms with van der Waals surface area (Å²) in [6.45, 7) is 2.54. The van der Waals surface area contributed by atoms with E-state index < -0.39 is 0 Å². The maximum Gasteiger partial charge on any atom is 0.258 e. The predicted molar refractivity (Wildman–Crippen MR) is 88.2 cm³/mol. The average molecular weight is 314 g/mol. The van der Waals surface area contributed by atoms with Gasteiger partial charge in [0.15, 0.2) is 0 Å². The summed E-state index contributed by atoms with van der Waals surface area (Å²) in [5.41, 5.74) is 2.32. The molecule has 0 spiro atoms. The average Bonchev–Trinajstić information content (AvgIpc) is 2.53. The van der Waals surface area contributed by atoms with Crippen LogP contribution in [0.15, 0.2) is 59.5 Å². The molecule has 4 nitrogen and oxygen atoms in total. The summed E-state index contributed by atoms with van der Waals surface area (Å²) in [6.07, 6.45) is 1.72. The highest BCUT2D eigenvalue weighted by Gasteiger charge is 2.09. The van der Waals surface area contributed by atoms with Gasteiger partial charge in [0.2, 0.25) is 0 Å². The number of benzene rings is 1. The van der Waals surface area contributed by atoms with E-state index in [-0.39, 0.29) is 11.6 Å². The van der Waals surface area contributed by atoms with Crippen molar-refractivity contribution in [2.75, 3.05) is 0 Å². The van der Waals surface area contributed by atoms with Gasteiger partial charge in [0.25, 0.3) is 5.56 Å². The van der Waals surface area contributed by atoms with Crippen LogP contribution < -0.4 is 10.9 Å². The van der Waals surface area contributed by atoms with Gasteiger partial charge in [-0.05, 0) is 30.7 Å². The van der Waals surface area contributed by atoms with Crippen molar-refractivity contribution in [1.82, 2.24) is 14.7 Å². The topological polar surface area (TPSA) is 46.4 Å². The summed E-state index contributed by atoms with van der Waals surface area (Å²) in [5.74, 6) is 0. The molecule has 0 saturated heterocycles. The normalized spacial score (nSPS) is 12.5. The molecule has 0 aliphatic heterocycles. The van der Waals surface area contributed by atoms with Gasteiger partial charge in [0.05, 0.1) is 5.69 Å². The van der Waals surface area contributed by atoms with Crippen LogP contribution in [-0.2, 0) is 6.54 Å². The molecule has 0 unspecified atom stereocenters. The number of aromatic nitrogens is 2. The van der Waals surface area contributed by atoms with E-state index in [9.17, 15) is 4.79 Å². The lowest BCUT2D eigenvalue weighted by Crippen LogP contribution is -2.22. The zero-order valence-electron chi connectivity index (χ0n) is 12.2. The van der Waals surface area contributed by atoms with Gasteiger partial charge in [0, 0.05) is 29.9 Å². The van der Waals surface area contributed by atoms with Crippen LogP contribution >= 0.6 is 11.6 Å². The highest BCUT2D eigenvalue weighted by Crippen LogP contribution is 2.22. The van der Waals surface area contributed by atoms with Gasteiger partial charge in [-0.3, -0.25) is 9.20 Å². The fourth-order valence-corrected chi connectivity index (χ4v) is 2.69.